The van der Waals surface area contributed by atoms with Gasteiger partial charge >= 0.3 is 0 Å². The molecule has 174 valence electrons. The smallest absolute Gasteiger partial charge is 0.257 e. The number of carbonyl (C=O) groups excluding carboxylic acids is 3. The third-order valence-electron chi connectivity index (χ3n) is 5.02. The molecular weight excluding hydrogens is 470 g/mol. The number of primary amides is 1. The zero-order valence-electron chi connectivity index (χ0n) is 18.1. The van der Waals surface area contributed by atoms with E-state index in [4.69, 9.17) is 17.3 Å². The first-order valence-electron chi connectivity index (χ1n) is 10.3. The van der Waals surface area contributed by atoms with Crippen molar-refractivity contribution in [2.45, 2.75) is 0 Å². The summed E-state index contributed by atoms with van der Waals surface area (Å²) in [6.07, 6.45) is 2.93. The first-order chi connectivity index (χ1) is 16.8. The van der Waals surface area contributed by atoms with Gasteiger partial charge in [0.15, 0.2) is 0 Å². The molecule has 0 aliphatic rings. The van der Waals surface area contributed by atoms with Gasteiger partial charge in [0.1, 0.15) is 5.15 Å². The second kappa shape index (κ2) is 10.0. The summed E-state index contributed by atoms with van der Waals surface area (Å²) in [5, 5.41) is 5.60. The summed E-state index contributed by atoms with van der Waals surface area (Å²) in [5.74, 6) is -1.69. The molecule has 3 amide bonds. The number of halogens is 1. The van der Waals surface area contributed by atoms with E-state index in [0.717, 1.165) is 0 Å². The molecule has 2 aromatic carbocycles. The fourth-order valence-electron chi connectivity index (χ4n) is 3.22. The summed E-state index contributed by atoms with van der Waals surface area (Å²) < 4.78 is 1.45. The van der Waals surface area contributed by atoms with Crippen molar-refractivity contribution < 1.29 is 14.4 Å². The molecule has 0 radical (unpaired) electrons. The van der Waals surface area contributed by atoms with Crippen molar-refractivity contribution in [1.29, 1.82) is 0 Å². The number of nitrogens with one attached hydrogen (secondary N) is 2. The van der Waals surface area contributed by atoms with E-state index in [2.05, 4.69) is 15.6 Å². The lowest BCUT2D eigenvalue weighted by Crippen LogP contribution is -2.19. The number of aromatic nitrogens is 2. The Morgan fingerprint density at radius 3 is 2.11 bits per heavy atom. The maximum Gasteiger partial charge on any atom is 0.257 e. The molecule has 0 aliphatic heterocycles. The molecule has 35 heavy (non-hydrogen) atoms. The van der Waals surface area contributed by atoms with Crippen LogP contribution in [0.2, 0.25) is 5.15 Å². The van der Waals surface area contributed by atoms with Gasteiger partial charge in [-0.3, -0.25) is 23.7 Å². The van der Waals surface area contributed by atoms with Gasteiger partial charge in [-0.25, -0.2) is 4.98 Å². The first kappa shape index (κ1) is 23.4. The number of anilines is 2. The molecule has 0 fully saturated rings. The minimum absolute atomic E-state index is 0.144. The minimum atomic E-state index is -0.696. The van der Waals surface area contributed by atoms with Crippen molar-refractivity contribution in [3.63, 3.8) is 0 Å². The number of amides is 3. The van der Waals surface area contributed by atoms with Crippen molar-refractivity contribution in [2.24, 2.45) is 5.73 Å². The Bertz CT molecular complexity index is 1480. The number of hydrogen-bond acceptors (Lipinski definition) is 5. The van der Waals surface area contributed by atoms with Gasteiger partial charge < -0.3 is 16.4 Å². The van der Waals surface area contributed by atoms with E-state index in [0.29, 0.717) is 11.3 Å². The number of rotatable bonds is 6. The zero-order valence-corrected chi connectivity index (χ0v) is 18.8. The average molecular weight is 488 g/mol. The first-order valence-corrected chi connectivity index (χ1v) is 10.7. The van der Waals surface area contributed by atoms with Crippen molar-refractivity contribution in [3.05, 3.63) is 117 Å². The Morgan fingerprint density at radius 1 is 0.800 bits per heavy atom. The van der Waals surface area contributed by atoms with Crippen LogP contribution in [0.15, 0.2) is 90.0 Å². The van der Waals surface area contributed by atoms with Crippen LogP contribution >= 0.6 is 11.6 Å². The molecule has 2 heterocycles. The molecule has 10 heteroatoms. The molecule has 0 unspecified atom stereocenters. The normalized spacial score (nSPS) is 10.4. The molecule has 0 aliphatic carbocycles. The highest BCUT2D eigenvalue weighted by molar-refractivity contribution is 6.29. The van der Waals surface area contributed by atoms with E-state index in [1.165, 1.54) is 47.2 Å². The molecule has 4 rings (SSSR count). The lowest BCUT2D eigenvalue weighted by molar-refractivity contribution is 0.0996. The number of nitrogens with zero attached hydrogens (tertiary/aromatic N) is 2. The Labute approximate surface area is 204 Å². The van der Waals surface area contributed by atoms with Gasteiger partial charge in [0.2, 0.25) is 5.91 Å². The van der Waals surface area contributed by atoms with Gasteiger partial charge in [-0.2, -0.15) is 0 Å². The predicted molar refractivity (Wildman–Crippen MR) is 132 cm³/mol. The summed E-state index contributed by atoms with van der Waals surface area (Å²) >= 11 is 5.77. The highest BCUT2D eigenvalue weighted by atomic mass is 35.5. The molecule has 4 aromatic rings. The zero-order chi connectivity index (χ0) is 24.9. The van der Waals surface area contributed by atoms with Gasteiger partial charge in [0, 0.05) is 35.3 Å². The largest absolute Gasteiger partial charge is 0.366 e. The third kappa shape index (κ3) is 5.43. The number of benzene rings is 2. The molecule has 9 nitrogen and oxygen atoms in total. The molecule has 2 aromatic heterocycles. The number of carbonyl (C=O) groups is 3. The van der Waals surface area contributed by atoms with Gasteiger partial charge in [0.25, 0.3) is 17.4 Å². The van der Waals surface area contributed by atoms with Crippen LogP contribution in [0.25, 0.3) is 5.69 Å². The number of pyridine rings is 2. The van der Waals surface area contributed by atoms with E-state index in [9.17, 15) is 19.2 Å². The Morgan fingerprint density at radius 2 is 1.46 bits per heavy atom. The van der Waals surface area contributed by atoms with Crippen LogP contribution in [0.5, 0.6) is 0 Å². The highest BCUT2D eigenvalue weighted by Gasteiger charge is 2.15. The molecule has 0 saturated heterocycles. The van der Waals surface area contributed by atoms with Crippen LogP contribution in [0.1, 0.15) is 31.1 Å². The summed E-state index contributed by atoms with van der Waals surface area (Å²) in [6.45, 7) is 0. The molecule has 4 N–H and O–H groups in total. The van der Waals surface area contributed by atoms with Crippen molar-refractivity contribution in [3.8, 4) is 5.69 Å². The summed E-state index contributed by atoms with van der Waals surface area (Å²) in [6, 6.07) is 18.4. The monoisotopic (exact) mass is 487 g/mol. The Kier molecular flexibility index (Phi) is 6.70. The van der Waals surface area contributed by atoms with E-state index < -0.39 is 17.7 Å². The van der Waals surface area contributed by atoms with Crippen molar-refractivity contribution >= 4 is 40.7 Å². The standard InChI is InChI=1S/C25H18ClN5O4/c26-21-11-7-17(14-28-21)25(35)30-20-13-16(23(27)33)6-10-19(20)29-24(34)15-4-8-18(9-5-15)31-12-2-1-3-22(31)32/h1-14H,(H2,27,33)(H,29,34)(H,30,35). The van der Waals surface area contributed by atoms with E-state index in [-0.39, 0.29) is 33.2 Å². The number of hydrogen-bond donors (Lipinski definition) is 3. The molecule has 0 atom stereocenters. The Hall–Kier alpha value is -4.76. The lowest BCUT2D eigenvalue weighted by Gasteiger charge is -2.14. The maximum atomic E-state index is 12.9. The van der Waals surface area contributed by atoms with Gasteiger partial charge in [-0.05, 0) is 60.7 Å². The van der Waals surface area contributed by atoms with Crippen LogP contribution in [0.4, 0.5) is 11.4 Å². The topological polar surface area (TPSA) is 136 Å². The SMILES string of the molecule is NC(=O)c1ccc(NC(=O)c2ccc(-n3ccccc3=O)cc2)c(NC(=O)c2ccc(Cl)nc2)c1. The Balaban J connectivity index is 1.58. The van der Waals surface area contributed by atoms with E-state index >= 15 is 0 Å². The molecular formula is C25H18ClN5O4. The van der Waals surface area contributed by atoms with Gasteiger partial charge in [0.05, 0.1) is 16.9 Å². The van der Waals surface area contributed by atoms with Crippen LogP contribution in [0, 0.1) is 0 Å². The minimum Gasteiger partial charge on any atom is -0.366 e. The van der Waals surface area contributed by atoms with Crippen LogP contribution in [-0.2, 0) is 0 Å². The van der Waals surface area contributed by atoms with Gasteiger partial charge in [-0.15, -0.1) is 0 Å². The maximum absolute atomic E-state index is 12.9. The van der Waals surface area contributed by atoms with E-state index in [1.54, 1.807) is 42.6 Å². The summed E-state index contributed by atoms with van der Waals surface area (Å²) in [4.78, 5) is 53.1. The summed E-state index contributed by atoms with van der Waals surface area (Å²) in [7, 11) is 0. The van der Waals surface area contributed by atoms with Crippen LogP contribution in [-0.4, -0.2) is 27.3 Å². The van der Waals surface area contributed by atoms with Crippen LogP contribution < -0.4 is 21.9 Å². The second-order valence-corrected chi connectivity index (χ2v) is 7.75. The molecule has 0 spiro atoms. The fraction of sp³-hybridized carbons (Fsp3) is 0. The quantitative estimate of drug-likeness (QED) is 0.358. The van der Waals surface area contributed by atoms with Crippen molar-refractivity contribution in [1.82, 2.24) is 9.55 Å². The van der Waals surface area contributed by atoms with Crippen molar-refractivity contribution in [2.75, 3.05) is 10.6 Å². The average Bonchev–Trinajstić information content (AvgIpc) is 2.85. The van der Waals surface area contributed by atoms with E-state index in [1.807, 2.05) is 0 Å². The second-order valence-electron chi connectivity index (χ2n) is 7.36. The van der Waals surface area contributed by atoms with Gasteiger partial charge in [-0.1, -0.05) is 17.7 Å². The predicted octanol–water partition coefficient (Wildman–Crippen LogP) is 3.49. The third-order valence-corrected chi connectivity index (χ3v) is 5.24. The number of nitrogens with two attached hydrogens (primary N) is 1. The molecule has 0 saturated carbocycles. The fourth-order valence-corrected chi connectivity index (χ4v) is 3.33. The lowest BCUT2D eigenvalue weighted by atomic mass is 10.1. The highest BCUT2D eigenvalue weighted by Crippen LogP contribution is 2.25. The van der Waals surface area contributed by atoms with Crippen LogP contribution in [0.3, 0.4) is 0 Å². The summed E-state index contributed by atoms with van der Waals surface area (Å²) in [5.41, 5.74) is 6.87. The molecule has 0 bridgehead atoms.